The maximum absolute atomic E-state index is 13.2. The summed E-state index contributed by atoms with van der Waals surface area (Å²) < 4.78 is 6.18. The van der Waals surface area contributed by atoms with Gasteiger partial charge >= 0.3 is 5.97 Å². The number of nitrogen functional groups attached to an aromatic ring is 1. The maximum atomic E-state index is 13.2. The largest absolute Gasteiger partial charge is 0.469 e. The van der Waals surface area contributed by atoms with E-state index < -0.39 is 17.5 Å². The molecule has 5 aromatic rings. The van der Waals surface area contributed by atoms with Gasteiger partial charge in [0.2, 0.25) is 5.91 Å². The Morgan fingerprint density at radius 2 is 1.91 bits per heavy atom. The fourth-order valence-corrected chi connectivity index (χ4v) is 4.58. The van der Waals surface area contributed by atoms with E-state index in [4.69, 9.17) is 22.1 Å². The molecule has 0 spiro atoms. The summed E-state index contributed by atoms with van der Waals surface area (Å²) in [5, 5.41) is 21.5. The van der Waals surface area contributed by atoms with Crippen LogP contribution in [0.4, 0.5) is 5.82 Å². The molecule has 0 unspecified atom stereocenters. The summed E-state index contributed by atoms with van der Waals surface area (Å²) in [4.78, 5) is 41.8. The fraction of sp³-hybridized carbons (Fsp3) is 0.133. The van der Waals surface area contributed by atoms with Crippen LogP contribution in [0.25, 0.3) is 22.9 Å². The number of anilines is 1. The van der Waals surface area contributed by atoms with Gasteiger partial charge < -0.3 is 15.8 Å². The average molecular weight is 612 g/mol. The highest BCUT2D eigenvalue weighted by Crippen LogP contribution is 2.23. The molecule has 14 heteroatoms. The van der Waals surface area contributed by atoms with Crippen LogP contribution in [0, 0.1) is 0 Å². The van der Waals surface area contributed by atoms with Gasteiger partial charge in [-0.15, -0.1) is 5.10 Å². The molecule has 4 N–H and O–H groups in total. The minimum absolute atomic E-state index is 0.110. The van der Waals surface area contributed by atoms with Crippen molar-refractivity contribution in [1.29, 1.82) is 0 Å². The minimum atomic E-state index is -0.662. The first-order valence-electron chi connectivity index (χ1n) is 13.3. The Hall–Kier alpha value is -5.69. The average Bonchev–Trinajstić information content (AvgIpc) is 3.56. The summed E-state index contributed by atoms with van der Waals surface area (Å²) in [5.74, 6) is -0.436. The van der Waals surface area contributed by atoms with Gasteiger partial charge in [-0.25, -0.2) is 10.1 Å². The van der Waals surface area contributed by atoms with Gasteiger partial charge in [-0.1, -0.05) is 41.9 Å². The van der Waals surface area contributed by atoms with E-state index in [-0.39, 0.29) is 12.4 Å². The summed E-state index contributed by atoms with van der Waals surface area (Å²) in [6, 6.07) is 16.5. The second kappa shape index (κ2) is 13.5. The summed E-state index contributed by atoms with van der Waals surface area (Å²) in [7, 11) is 1.32. The SMILES string of the molecule is COC(=O)Cc1ccc(-c2cc([C@H](Cc3ccc(N)nc3)NC(=O)/C=C/c3cc(Cl)ccc3-n3cnnn3)n[nH]c2=O)cc1. The van der Waals surface area contributed by atoms with Gasteiger partial charge in [0.25, 0.3) is 5.56 Å². The molecule has 0 saturated heterocycles. The number of esters is 1. The predicted octanol–water partition coefficient (Wildman–Crippen LogP) is 2.87. The Morgan fingerprint density at radius 1 is 1.11 bits per heavy atom. The molecular weight excluding hydrogens is 586 g/mol. The molecule has 5 rings (SSSR count). The molecule has 1 amide bonds. The molecule has 222 valence electrons. The molecule has 0 saturated carbocycles. The third kappa shape index (κ3) is 7.38. The number of methoxy groups -OCH3 is 1. The van der Waals surface area contributed by atoms with Crippen molar-refractivity contribution in [2.24, 2.45) is 0 Å². The topological polar surface area (TPSA) is 184 Å². The number of rotatable bonds is 10. The highest BCUT2D eigenvalue weighted by Gasteiger charge is 2.19. The number of nitrogens with two attached hydrogens (primary N) is 1. The lowest BCUT2D eigenvalue weighted by Crippen LogP contribution is -2.30. The number of hydrogen-bond acceptors (Lipinski definition) is 10. The number of tetrazole rings is 1. The van der Waals surface area contributed by atoms with Crippen LogP contribution in [-0.2, 0) is 27.2 Å². The van der Waals surface area contributed by atoms with Crippen LogP contribution in [0.5, 0.6) is 0 Å². The van der Waals surface area contributed by atoms with Crippen molar-refractivity contribution in [3.63, 3.8) is 0 Å². The normalized spacial score (nSPS) is 11.8. The number of nitrogens with zero attached hydrogens (tertiary/aromatic N) is 6. The maximum Gasteiger partial charge on any atom is 0.309 e. The Morgan fingerprint density at radius 3 is 2.61 bits per heavy atom. The number of carbonyl (C=O) groups is 2. The smallest absolute Gasteiger partial charge is 0.309 e. The summed E-state index contributed by atoms with van der Waals surface area (Å²) >= 11 is 6.21. The molecule has 2 aromatic carbocycles. The Bertz CT molecular complexity index is 1860. The highest BCUT2D eigenvalue weighted by molar-refractivity contribution is 6.30. The second-order valence-corrected chi connectivity index (χ2v) is 10.1. The van der Waals surface area contributed by atoms with Crippen LogP contribution in [0.1, 0.15) is 28.4 Å². The number of halogens is 1. The number of nitrogens with one attached hydrogen (secondary N) is 2. The van der Waals surface area contributed by atoms with Crippen LogP contribution < -0.4 is 16.6 Å². The van der Waals surface area contributed by atoms with E-state index in [0.717, 1.165) is 11.1 Å². The predicted molar refractivity (Wildman–Crippen MR) is 162 cm³/mol. The number of H-pyrrole nitrogens is 1. The zero-order chi connectivity index (χ0) is 31.1. The van der Waals surface area contributed by atoms with Crippen LogP contribution in [0.3, 0.4) is 0 Å². The molecule has 3 heterocycles. The Balaban J connectivity index is 1.43. The van der Waals surface area contributed by atoms with Gasteiger partial charge in [-0.05, 0) is 69.9 Å². The quantitative estimate of drug-likeness (QED) is 0.157. The molecule has 1 atom stereocenters. The Kier molecular flexibility index (Phi) is 9.16. The first-order valence-corrected chi connectivity index (χ1v) is 13.6. The van der Waals surface area contributed by atoms with E-state index >= 15 is 0 Å². The fourth-order valence-electron chi connectivity index (χ4n) is 4.40. The summed E-state index contributed by atoms with van der Waals surface area (Å²) in [6.45, 7) is 0. The first kappa shape index (κ1) is 29.8. The van der Waals surface area contributed by atoms with Crippen molar-refractivity contribution in [3.05, 3.63) is 117 Å². The number of hydrogen-bond donors (Lipinski definition) is 3. The van der Waals surface area contributed by atoms with Gasteiger partial charge in [-0.2, -0.15) is 9.78 Å². The molecular formula is C30H26ClN9O4. The van der Waals surface area contributed by atoms with Crippen molar-refractivity contribution in [2.75, 3.05) is 12.8 Å². The van der Waals surface area contributed by atoms with Crippen molar-refractivity contribution in [1.82, 2.24) is 40.7 Å². The summed E-state index contributed by atoms with van der Waals surface area (Å²) in [6.07, 6.45) is 6.42. The number of ether oxygens (including phenoxy) is 1. The molecule has 0 aliphatic rings. The van der Waals surface area contributed by atoms with E-state index in [1.165, 1.54) is 24.2 Å². The van der Waals surface area contributed by atoms with Crippen molar-refractivity contribution >= 4 is 35.4 Å². The van der Waals surface area contributed by atoms with E-state index in [9.17, 15) is 14.4 Å². The van der Waals surface area contributed by atoms with Crippen LogP contribution in [0.2, 0.25) is 5.02 Å². The van der Waals surface area contributed by atoms with E-state index in [1.54, 1.807) is 72.9 Å². The lowest BCUT2D eigenvalue weighted by molar-refractivity contribution is -0.139. The number of pyridine rings is 1. The molecule has 0 aliphatic carbocycles. The number of aromatic nitrogens is 7. The van der Waals surface area contributed by atoms with Crippen LogP contribution >= 0.6 is 11.6 Å². The van der Waals surface area contributed by atoms with Gasteiger partial charge in [0.15, 0.2) is 0 Å². The van der Waals surface area contributed by atoms with Gasteiger partial charge in [0.1, 0.15) is 12.1 Å². The molecule has 0 radical (unpaired) electrons. The van der Waals surface area contributed by atoms with E-state index in [0.29, 0.717) is 45.3 Å². The van der Waals surface area contributed by atoms with E-state index in [1.807, 2.05) is 0 Å². The monoisotopic (exact) mass is 611 g/mol. The van der Waals surface area contributed by atoms with Crippen molar-refractivity contribution in [2.45, 2.75) is 18.9 Å². The number of carbonyl (C=O) groups excluding carboxylic acids is 2. The molecule has 0 fully saturated rings. The van der Waals surface area contributed by atoms with Crippen LogP contribution in [-0.4, -0.2) is 54.4 Å². The van der Waals surface area contributed by atoms with Gasteiger partial charge in [-0.3, -0.25) is 14.4 Å². The number of amides is 1. The van der Waals surface area contributed by atoms with Gasteiger partial charge in [0.05, 0.1) is 36.5 Å². The van der Waals surface area contributed by atoms with E-state index in [2.05, 4.69) is 36.0 Å². The highest BCUT2D eigenvalue weighted by atomic mass is 35.5. The Labute approximate surface area is 255 Å². The molecule has 13 nitrogen and oxygen atoms in total. The number of aromatic amines is 1. The lowest BCUT2D eigenvalue weighted by atomic mass is 10.00. The molecule has 0 bridgehead atoms. The van der Waals surface area contributed by atoms with Crippen molar-refractivity contribution in [3.8, 4) is 16.8 Å². The van der Waals surface area contributed by atoms with Crippen molar-refractivity contribution < 1.29 is 14.3 Å². The molecule has 3 aromatic heterocycles. The second-order valence-electron chi connectivity index (χ2n) is 9.63. The summed E-state index contributed by atoms with van der Waals surface area (Å²) in [5.41, 5.74) is 9.46. The zero-order valence-electron chi connectivity index (χ0n) is 23.3. The first-order chi connectivity index (χ1) is 21.3. The zero-order valence-corrected chi connectivity index (χ0v) is 24.1. The number of benzene rings is 2. The third-order valence-corrected chi connectivity index (χ3v) is 6.86. The molecule has 0 aliphatic heterocycles. The van der Waals surface area contributed by atoms with Gasteiger partial charge in [0, 0.05) is 22.9 Å². The lowest BCUT2D eigenvalue weighted by Gasteiger charge is -2.18. The third-order valence-electron chi connectivity index (χ3n) is 6.63. The van der Waals surface area contributed by atoms with Crippen LogP contribution in [0.15, 0.2) is 84.1 Å². The standard InChI is InChI=1S/C30H26ClN9O4/c1-44-29(42)13-18-2-5-20(6-3-18)23-15-25(36-37-30(23)43)24(12-19-4-10-27(32)33-16-19)35-28(41)11-7-21-14-22(31)8-9-26(21)40-17-34-38-39-40/h2-11,14-17,24H,12-13H2,1H3,(H2,32,33)(H,35,41)(H,37,43)/b11-7+/t24-/m0/s1. The minimum Gasteiger partial charge on any atom is -0.469 e. The molecule has 44 heavy (non-hydrogen) atoms.